The average molecular weight is 305 g/mol. The smallest absolute Gasteiger partial charge is 0.342 e. The molecule has 5 heteroatoms. The third-order valence-corrected chi connectivity index (χ3v) is 3.71. The van der Waals surface area contributed by atoms with Gasteiger partial charge in [0.05, 0.1) is 0 Å². The molecule has 0 saturated carbocycles. The number of hydrogen-bond acceptors (Lipinski definition) is 2. The molecule has 0 fully saturated rings. The number of oxime groups is 1. The highest BCUT2D eigenvalue weighted by molar-refractivity contribution is 6.07. The van der Waals surface area contributed by atoms with E-state index in [1.54, 1.807) is 31.2 Å². The Morgan fingerprint density at radius 1 is 0.818 bits per heavy atom. The summed E-state index contributed by atoms with van der Waals surface area (Å²) in [6, 6.07) is 12.0. The second-order valence-electron chi connectivity index (χ2n) is 5.43. The number of aryl methyl sites for hydroxylation is 2. The van der Waals surface area contributed by atoms with Gasteiger partial charge in [0.25, 0.3) is 0 Å². The lowest BCUT2D eigenvalue weighted by molar-refractivity contribution is -0.236. The van der Waals surface area contributed by atoms with Crippen molar-refractivity contribution in [1.82, 2.24) is 0 Å². The van der Waals surface area contributed by atoms with E-state index < -0.39 is 17.5 Å². The predicted molar refractivity (Wildman–Crippen MR) is 77.7 cm³/mol. The number of alkyl halides is 3. The van der Waals surface area contributed by atoms with Gasteiger partial charge in [-0.05, 0) is 13.8 Å². The summed E-state index contributed by atoms with van der Waals surface area (Å²) >= 11 is 0. The fourth-order valence-electron chi connectivity index (χ4n) is 2.32. The lowest BCUT2D eigenvalue weighted by atomic mass is 9.93. The van der Waals surface area contributed by atoms with Crippen LogP contribution >= 0.6 is 0 Å². The van der Waals surface area contributed by atoms with E-state index >= 15 is 0 Å². The van der Waals surface area contributed by atoms with Gasteiger partial charge in [-0.25, -0.2) is 0 Å². The van der Waals surface area contributed by atoms with Crippen LogP contribution < -0.4 is 0 Å². The maximum Gasteiger partial charge on any atom is 0.368 e. The first-order valence-corrected chi connectivity index (χ1v) is 6.82. The molecule has 0 spiro atoms. The van der Waals surface area contributed by atoms with Gasteiger partial charge in [0.2, 0.25) is 0 Å². The molecule has 22 heavy (non-hydrogen) atoms. The van der Waals surface area contributed by atoms with Gasteiger partial charge in [0, 0.05) is 11.1 Å². The molecule has 2 aromatic carbocycles. The fraction of sp³-hybridized carbons (Fsp3) is 0.235. The summed E-state index contributed by atoms with van der Waals surface area (Å²) in [4.78, 5) is 4.55. The van der Waals surface area contributed by atoms with Crippen molar-refractivity contribution in [2.45, 2.75) is 25.6 Å². The molecule has 1 aliphatic heterocycles. The molecule has 0 bridgehead atoms. The molecule has 0 amide bonds. The van der Waals surface area contributed by atoms with E-state index in [0.717, 1.165) is 11.1 Å². The van der Waals surface area contributed by atoms with E-state index in [4.69, 9.17) is 0 Å². The number of rotatable bonds is 2. The zero-order valence-electron chi connectivity index (χ0n) is 12.1. The Bertz CT molecular complexity index is 723. The van der Waals surface area contributed by atoms with Gasteiger partial charge < -0.3 is 4.84 Å². The van der Waals surface area contributed by atoms with Gasteiger partial charge in [-0.3, -0.25) is 0 Å². The van der Waals surface area contributed by atoms with Crippen LogP contribution in [0.1, 0.15) is 22.3 Å². The number of hydrogen-bond donors (Lipinski definition) is 0. The second kappa shape index (κ2) is 4.87. The highest BCUT2D eigenvalue weighted by Gasteiger charge is 2.67. The zero-order valence-corrected chi connectivity index (χ0v) is 12.1. The van der Waals surface area contributed by atoms with Crippen molar-refractivity contribution in [3.63, 3.8) is 0 Å². The standard InChI is InChI=1S/C17H14F3NO/c1-11-3-7-13(8-4-11)15-16(18,19)17(20,22-21-15)14-9-5-12(2)6-10-14/h3-10H,1-2H3. The summed E-state index contributed by atoms with van der Waals surface area (Å²) in [5.74, 6) is -7.17. The van der Waals surface area contributed by atoms with E-state index in [1.165, 1.54) is 24.3 Å². The Balaban J connectivity index is 2.01. The first kappa shape index (κ1) is 14.6. The normalized spacial score (nSPS) is 23.0. The molecule has 1 unspecified atom stereocenters. The van der Waals surface area contributed by atoms with Crippen molar-refractivity contribution >= 4 is 5.71 Å². The third-order valence-electron chi connectivity index (χ3n) is 3.71. The quantitative estimate of drug-likeness (QED) is 0.801. The third kappa shape index (κ3) is 2.08. The van der Waals surface area contributed by atoms with Crippen molar-refractivity contribution in [2.75, 3.05) is 0 Å². The molecule has 0 saturated heterocycles. The largest absolute Gasteiger partial charge is 0.368 e. The molecule has 114 valence electrons. The van der Waals surface area contributed by atoms with E-state index in [0.29, 0.717) is 0 Å². The van der Waals surface area contributed by atoms with Gasteiger partial charge in [0.1, 0.15) is 0 Å². The minimum absolute atomic E-state index is 0.141. The Hall–Kier alpha value is -2.30. The van der Waals surface area contributed by atoms with Crippen LogP contribution in [0.4, 0.5) is 13.2 Å². The Kier molecular flexibility index (Phi) is 3.24. The molecule has 0 radical (unpaired) electrons. The number of halogens is 3. The number of benzene rings is 2. The summed E-state index contributed by atoms with van der Waals surface area (Å²) in [5.41, 5.74) is 0.941. The van der Waals surface area contributed by atoms with Crippen LogP contribution in [0.2, 0.25) is 0 Å². The molecule has 1 aliphatic rings. The van der Waals surface area contributed by atoms with Crippen molar-refractivity contribution in [2.24, 2.45) is 5.16 Å². The maximum absolute atomic E-state index is 14.9. The molecule has 1 heterocycles. The van der Waals surface area contributed by atoms with Crippen LogP contribution in [0, 0.1) is 13.8 Å². The SMILES string of the molecule is Cc1ccc(C2=NOC(F)(c3ccc(C)cc3)C2(F)F)cc1. The second-order valence-corrected chi connectivity index (χ2v) is 5.43. The van der Waals surface area contributed by atoms with Crippen LogP contribution in [0.15, 0.2) is 53.7 Å². The van der Waals surface area contributed by atoms with Crippen LogP contribution in [-0.4, -0.2) is 11.6 Å². The van der Waals surface area contributed by atoms with Crippen molar-refractivity contribution < 1.29 is 18.0 Å². The summed E-state index contributed by atoms with van der Waals surface area (Å²) < 4.78 is 44.1. The Morgan fingerprint density at radius 3 is 1.86 bits per heavy atom. The van der Waals surface area contributed by atoms with Gasteiger partial charge in [-0.15, -0.1) is 0 Å². The van der Waals surface area contributed by atoms with Crippen LogP contribution in [0.3, 0.4) is 0 Å². The van der Waals surface area contributed by atoms with Gasteiger partial charge in [-0.1, -0.05) is 64.8 Å². The topological polar surface area (TPSA) is 21.6 Å². The van der Waals surface area contributed by atoms with Crippen molar-refractivity contribution in [3.8, 4) is 0 Å². The van der Waals surface area contributed by atoms with Gasteiger partial charge >= 0.3 is 11.8 Å². The molecule has 2 nitrogen and oxygen atoms in total. The monoisotopic (exact) mass is 305 g/mol. The summed E-state index contributed by atoms with van der Waals surface area (Å²) in [7, 11) is 0. The minimum Gasteiger partial charge on any atom is -0.342 e. The number of nitrogens with zero attached hydrogens (tertiary/aromatic N) is 1. The Labute approximate surface area is 126 Å². The fourth-order valence-corrected chi connectivity index (χ4v) is 2.32. The average Bonchev–Trinajstić information content (AvgIpc) is 2.72. The molecule has 1 atom stereocenters. The van der Waals surface area contributed by atoms with Gasteiger partial charge in [0.15, 0.2) is 5.71 Å². The molecular formula is C17H14F3NO. The van der Waals surface area contributed by atoms with Crippen molar-refractivity contribution in [3.05, 3.63) is 70.8 Å². The lowest BCUT2D eigenvalue weighted by Crippen LogP contribution is -2.44. The van der Waals surface area contributed by atoms with E-state index in [9.17, 15) is 13.2 Å². The van der Waals surface area contributed by atoms with E-state index in [2.05, 4.69) is 9.99 Å². The maximum atomic E-state index is 14.9. The minimum atomic E-state index is -3.88. The summed E-state index contributed by atoms with van der Waals surface area (Å²) in [6.07, 6.45) is 0. The summed E-state index contributed by atoms with van der Waals surface area (Å²) in [5, 5.41) is 3.33. The first-order chi connectivity index (χ1) is 10.3. The first-order valence-electron chi connectivity index (χ1n) is 6.82. The molecule has 0 aromatic heterocycles. The molecule has 0 N–H and O–H groups in total. The van der Waals surface area contributed by atoms with Crippen LogP contribution in [0.25, 0.3) is 0 Å². The lowest BCUT2D eigenvalue weighted by Gasteiger charge is -2.25. The molecular weight excluding hydrogens is 291 g/mol. The predicted octanol–water partition coefficient (Wildman–Crippen LogP) is 4.50. The van der Waals surface area contributed by atoms with Crippen LogP contribution in [-0.2, 0) is 10.7 Å². The Morgan fingerprint density at radius 2 is 1.32 bits per heavy atom. The zero-order chi connectivity index (χ0) is 16.0. The van der Waals surface area contributed by atoms with Crippen LogP contribution in [0.5, 0.6) is 0 Å². The molecule has 3 rings (SSSR count). The molecule has 2 aromatic rings. The van der Waals surface area contributed by atoms with E-state index in [1.807, 2.05) is 6.92 Å². The van der Waals surface area contributed by atoms with Gasteiger partial charge in [-0.2, -0.15) is 13.2 Å². The van der Waals surface area contributed by atoms with Crippen molar-refractivity contribution in [1.29, 1.82) is 0 Å². The molecule has 0 aliphatic carbocycles. The van der Waals surface area contributed by atoms with E-state index in [-0.39, 0.29) is 11.1 Å². The highest BCUT2D eigenvalue weighted by Crippen LogP contribution is 2.48. The highest BCUT2D eigenvalue weighted by atomic mass is 19.3. The summed E-state index contributed by atoms with van der Waals surface area (Å²) in [6.45, 7) is 3.62.